The van der Waals surface area contributed by atoms with Gasteiger partial charge in [-0.3, -0.25) is 4.90 Å². The molecule has 0 fully saturated rings. The number of furan rings is 1. The van der Waals surface area contributed by atoms with E-state index in [1.807, 2.05) is 55.5 Å². The van der Waals surface area contributed by atoms with Crippen molar-refractivity contribution >= 4 is 16.7 Å². The SMILES string of the molecule is COc1cccc2c1OCCCN(Cc1nc(NCc3ccc(C)o3)c3ccccc3n1)C2. The quantitative estimate of drug-likeness (QED) is 0.452. The predicted octanol–water partition coefficient (Wildman–Crippen LogP) is 4.94. The highest BCUT2D eigenvalue weighted by molar-refractivity contribution is 5.88. The molecular weight excluding hydrogens is 416 g/mol. The summed E-state index contributed by atoms with van der Waals surface area (Å²) in [4.78, 5) is 12.1. The molecule has 3 heterocycles. The second kappa shape index (κ2) is 9.50. The van der Waals surface area contributed by atoms with E-state index in [9.17, 15) is 0 Å². The summed E-state index contributed by atoms with van der Waals surface area (Å²) in [5, 5.41) is 4.45. The highest BCUT2D eigenvalue weighted by Gasteiger charge is 2.19. The topological polar surface area (TPSA) is 72.7 Å². The van der Waals surface area contributed by atoms with Crippen LogP contribution in [-0.2, 0) is 19.6 Å². The van der Waals surface area contributed by atoms with E-state index in [1.165, 1.54) is 0 Å². The number of fused-ring (bicyclic) bond motifs is 2. The molecule has 5 rings (SSSR count). The Morgan fingerprint density at radius 1 is 1.06 bits per heavy atom. The van der Waals surface area contributed by atoms with Crippen molar-refractivity contribution in [2.75, 3.05) is 25.6 Å². The summed E-state index contributed by atoms with van der Waals surface area (Å²) >= 11 is 0. The molecule has 0 aliphatic carbocycles. The van der Waals surface area contributed by atoms with E-state index >= 15 is 0 Å². The molecule has 7 heteroatoms. The normalized spacial score (nSPS) is 14.2. The standard InChI is InChI=1S/C26H28N4O3/c1-18-11-12-20(33-18)15-27-26-21-8-3-4-9-22(21)28-24(29-26)17-30-13-6-14-32-25-19(16-30)7-5-10-23(25)31-2/h3-5,7-12H,6,13-17H2,1-2H3,(H,27,28,29). The van der Waals surface area contributed by atoms with Gasteiger partial charge in [0.05, 0.1) is 32.3 Å². The van der Waals surface area contributed by atoms with Gasteiger partial charge in [0, 0.05) is 24.0 Å². The summed E-state index contributed by atoms with van der Waals surface area (Å²) in [6.45, 7) is 5.47. The number of methoxy groups -OCH3 is 1. The van der Waals surface area contributed by atoms with Crippen LogP contribution >= 0.6 is 0 Å². The Morgan fingerprint density at radius 2 is 1.97 bits per heavy atom. The van der Waals surface area contributed by atoms with Crippen LogP contribution in [0.5, 0.6) is 11.5 Å². The maximum atomic E-state index is 6.00. The first kappa shape index (κ1) is 21.3. The van der Waals surface area contributed by atoms with Gasteiger partial charge < -0.3 is 19.2 Å². The van der Waals surface area contributed by atoms with Crippen LogP contribution in [0.4, 0.5) is 5.82 Å². The second-order valence-corrected chi connectivity index (χ2v) is 8.23. The summed E-state index contributed by atoms with van der Waals surface area (Å²) in [7, 11) is 1.68. The van der Waals surface area contributed by atoms with E-state index < -0.39 is 0 Å². The van der Waals surface area contributed by atoms with Gasteiger partial charge in [0.1, 0.15) is 23.2 Å². The number of ether oxygens (including phenoxy) is 2. The molecule has 1 aliphatic rings. The third kappa shape index (κ3) is 4.78. The van der Waals surface area contributed by atoms with E-state index in [4.69, 9.17) is 23.9 Å². The summed E-state index contributed by atoms with van der Waals surface area (Å²) in [6, 6.07) is 18.1. The van der Waals surface area contributed by atoms with Crippen molar-refractivity contribution in [1.29, 1.82) is 0 Å². The van der Waals surface area contributed by atoms with Crippen LogP contribution in [0.25, 0.3) is 10.9 Å². The lowest BCUT2D eigenvalue weighted by molar-refractivity contribution is 0.192. The van der Waals surface area contributed by atoms with Gasteiger partial charge in [-0.1, -0.05) is 24.3 Å². The molecule has 1 N–H and O–H groups in total. The van der Waals surface area contributed by atoms with Crippen molar-refractivity contribution < 1.29 is 13.9 Å². The number of para-hydroxylation sites is 2. The van der Waals surface area contributed by atoms with E-state index in [0.29, 0.717) is 19.7 Å². The molecule has 0 saturated carbocycles. The Balaban J connectivity index is 1.41. The minimum absolute atomic E-state index is 0.572. The zero-order chi connectivity index (χ0) is 22.6. The average Bonchev–Trinajstić information content (AvgIpc) is 3.24. The van der Waals surface area contributed by atoms with E-state index in [1.54, 1.807) is 7.11 Å². The second-order valence-electron chi connectivity index (χ2n) is 8.23. The molecule has 170 valence electrons. The Kier molecular flexibility index (Phi) is 6.13. The minimum atomic E-state index is 0.572. The zero-order valence-corrected chi connectivity index (χ0v) is 19.0. The number of rotatable bonds is 6. The lowest BCUT2D eigenvalue weighted by Gasteiger charge is -2.26. The maximum Gasteiger partial charge on any atom is 0.165 e. The van der Waals surface area contributed by atoms with Crippen molar-refractivity contribution in [2.45, 2.75) is 33.0 Å². The number of hydrogen-bond acceptors (Lipinski definition) is 7. The molecule has 7 nitrogen and oxygen atoms in total. The number of nitrogens with zero attached hydrogens (tertiary/aromatic N) is 3. The minimum Gasteiger partial charge on any atom is -0.493 e. The molecule has 0 unspecified atom stereocenters. The molecule has 1 aliphatic heterocycles. The molecule has 0 amide bonds. The van der Waals surface area contributed by atoms with Gasteiger partial charge in [-0.2, -0.15) is 0 Å². The lowest BCUT2D eigenvalue weighted by Crippen LogP contribution is -2.28. The molecule has 0 saturated heterocycles. The smallest absolute Gasteiger partial charge is 0.165 e. The Morgan fingerprint density at radius 3 is 2.82 bits per heavy atom. The fraction of sp³-hybridized carbons (Fsp3) is 0.308. The number of hydrogen-bond donors (Lipinski definition) is 1. The van der Waals surface area contributed by atoms with Crippen molar-refractivity contribution in [3.63, 3.8) is 0 Å². The summed E-state index contributed by atoms with van der Waals surface area (Å²) in [5.74, 6) is 5.00. The van der Waals surface area contributed by atoms with Crippen molar-refractivity contribution in [2.24, 2.45) is 0 Å². The Labute approximate surface area is 193 Å². The number of aromatic nitrogens is 2. The van der Waals surface area contributed by atoms with Crippen LogP contribution in [0.2, 0.25) is 0 Å². The third-order valence-electron chi connectivity index (χ3n) is 5.78. The molecular formula is C26H28N4O3. The molecule has 0 atom stereocenters. The highest BCUT2D eigenvalue weighted by Crippen LogP contribution is 2.33. The summed E-state index contributed by atoms with van der Waals surface area (Å²) in [6.07, 6.45) is 0.925. The van der Waals surface area contributed by atoms with Gasteiger partial charge in [-0.25, -0.2) is 9.97 Å². The summed E-state index contributed by atoms with van der Waals surface area (Å²) < 4.78 is 17.2. The van der Waals surface area contributed by atoms with Gasteiger partial charge in [-0.15, -0.1) is 0 Å². The van der Waals surface area contributed by atoms with Gasteiger partial charge in [0.25, 0.3) is 0 Å². The first-order valence-electron chi connectivity index (χ1n) is 11.3. The van der Waals surface area contributed by atoms with Crippen LogP contribution in [0.3, 0.4) is 0 Å². The lowest BCUT2D eigenvalue weighted by atomic mass is 10.1. The van der Waals surface area contributed by atoms with Crippen LogP contribution in [0.15, 0.2) is 59.0 Å². The monoisotopic (exact) mass is 444 g/mol. The van der Waals surface area contributed by atoms with Crippen molar-refractivity contribution in [3.05, 3.63) is 77.5 Å². The average molecular weight is 445 g/mol. The van der Waals surface area contributed by atoms with Crippen molar-refractivity contribution in [1.82, 2.24) is 14.9 Å². The van der Waals surface area contributed by atoms with Gasteiger partial charge in [-0.05, 0) is 43.7 Å². The van der Waals surface area contributed by atoms with Gasteiger partial charge in [0.2, 0.25) is 0 Å². The van der Waals surface area contributed by atoms with E-state index in [2.05, 4.69) is 16.3 Å². The first-order chi connectivity index (χ1) is 16.2. The number of anilines is 1. The van der Waals surface area contributed by atoms with Crippen LogP contribution in [0, 0.1) is 6.92 Å². The number of aryl methyl sites for hydroxylation is 1. The Bertz CT molecular complexity index is 1250. The molecule has 0 spiro atoms. The van der Waals surface area contributed by atoms with Crippen LogP contribution < -0.4 is 14.8 Å². The zero-order valence-electron chi connectivity index (χ0n) is 19.0. The predicted molar refractivity (Wildman–Crippen MR) is 128 cm³/mol. The van der Waals surface area contributed by atoms with Crippen LogP contribution in [0.1, 0.15) is 29.3 Å². The highest BCUT2D eigenvalue weighted by atomic mass is 16.5. The molecule has 0 radical (unpaired) electrons. The molecule has 2 aromatic carbocycles. The molecule has 4 aromatic rings. The van der Waals surface area contributed by atoms with Crippen LogP contribution in [-0.4, -0.2) is 35.1 Å². The summed E-state index contributed by atoms with van der Waals surface area (Å²) in [5.41, 5.74) is 2.04. The Hall–Kier alpha value is -3.58. The van der Waals surface area contributed by atoms with Gasteiger partial charge in [0.15, 0.2) is 11.5 Å². The number of nitrogens with one attached hydrogen (secondary N) is 1. The molecule has 33 heavy (non-hydrogen) atoms. The van der Waals surface area contributed by atoms with E-state index in [-0.39, 0.29) is 0 Å². The fourth-order valence-electron chi connectivity index (χ4n) is 4.21. The third-order valence-corrected chi connectivity index (χ3v) is 5.78. The number of benzene rings is 2. The van der Waals surface area contributed by atoms with E-state index in [0.717, 1.165) is 70.6 Å². The molecule has 0 bridgehead atoms. The van der Waals surface area contributed by atoms with Crippen molar-refractivity contribution in [3.8, 4) is 11.5 Å². The first-order valence-corrected chi connectivity index (χ1v) is 11.3. The maximum absolute atomic E-state index is 6.00. The van der Waals surface area contributed by atoms with Gasteiger partial charge >= 0.3 is 0 Å². The largest absolute Gasteiger partial charge is 0.493 e. The fourth-order valence-corrected chi connectivity index (χ4v) is 4.21. The molecule has 2 aromatic heterocycles.